The second kappa shape index (κ2) is 8.15. The Bertz CT molecular complexity index is 1560. The summed E-state index contributed by atoms with van der Waals surface area (Å²) >= 11 is 0. The van der Waals surface area contributed by atoms with E-state index in [0.717, 1.165) is 15.5 Å². The lowest BCUT2D eigenvalue weighted by Crippen LogP contribution is -2.38. The lowest BCUT2D eigenvalue weighted by molar-refractivity contribution is -0.146. The zero-order chi connectivity index (χ0) is 24.9. The Hall–Kier alpha value is -4.35. The van der Waals surface area contributed by atoms with E-state index < -0.39 is 23.7 Å². The van der Waals surface area contributed by atoms with E-state index in [9.17, 15) is 27.2 Å². The average molecular weight is 484 g/mol. The zero-order valence-corrected chi connectivity index (χ0v) is 17.9. The molecule has 0 saturated carbocycles. The molecule has 5 rings (SSSR count). The van der Waals surface area contributed by atoms with Crippen molar-refractivity contribution in [3.63, 3.8) is 0 Å². The molecule has 0 aliphatic carbocycles. The molecular weight excluding hydrogens is 468 g/mol. The predicted octanol–water partition coefficient (Wildman–Crippen LogP) is 3.39. The van der Waals surface area contributed by atoms with Gasteiger partial charge in [0, 0.05) is 17.5 Å². The summed E-state index contributed by atoms with van der Waals surface area (Å²) in [5, 5.41) is 14.3. The summed E-state index contributed by atoms with van der Waals surface area (Å²) in [5.74, 6) is -2.86. The number of hydrogen-bond donors (Lipinski definition) is 1. The topological polar surface area (TPSA) is 96.8 Å². The van der Waals surface area contributed by atoms with Crippen LogP contribution in [-0.4, -0.2) is 42.3 Å². The molecule has 0 fully saturated rings. The van der Waals surface area contributed by atoms with Crippen LogP contribution in [0, 0.1) is 5.82 Å². The molecule has 0 unspecified atom stereocenters. The lowest BCUT2D eigenvalue weighted by Gasteiger charge is -2.29. The number of fused-ring (bicyclic) bond motifs is 2. The van der Waals surface area contributed by atoms with E-state index in [4.69, 9.17) is 0 Å². The second-order valence-corrected chi connectivity index (χ2v) is 8.04. The molecule has 1 N–H and O–H groups in total. The van der Waals surface area contributed by atoms with Crippen LogP contribution < -0.4 is 5.56 Å². The third-order valence-electron chi connectivity index (χ3n) is 5.70. The zero-order valence-electron chi connectivity index (χ0n) is 17.9. The number of rotatable bonds is 3. The van der Waals surface area contributed by atoms with Gasteiger partial charge in [-0.3, -0.25) is 14.2 Å². The molecule has 0 atom stereocenters. The molecule has 8 nitrogen and oxygen atoms in total. The summed E-state index contributed by atoms with van der Waals surface area (Å²) in [6, 6.07) is 10.9. The molecule has 2 aromatic carbocycles. The minimum absolute atomic E-state index is 0.0580. The van der Waals surface area contributed by atoms with Gasteiger partial charge < -0.3 is 4.90 Å². The first-order valence-electron chi connectivity index (χ1n) is 10.4. The number of alkyl halides is 3. The highest BCUT2D eigenvalue weighted by atomic mass is 19.4. The molecule has 0 bridgehead atoms. The molecule has 178 valence electrons. The van der Waals surface area contributed by atoms with Crippen LogP contribution >= 0.6 is 0 Å². The fourth-order valence-electron chi connectivity index (χ4n) is 4.11. The monoisotopic (exact) mass is 484 g/mol. The quantitative estimate of drug-likeness (QED) is 0.450. The normalized spacial score (nSPS) is 13.8. The van der Waals surface area contributed by atoms with Crippen LogP contribution in [0.3, 0.4) is 0 Å². The summed E-state index contributed by atoms with van der Waals surface area (Å²) in [5.41, 5.74) is 0.429. The molecule has 4 aromatic rings. The number of amides is 1. The first kappa shape index (κ1) is 22.4. The highest BCUT2D eigenvalue weighted by molar-refractivity contribution is 5.95. The van der Waals surface area contributed by atoms with Gasteiger partial charge in [-0.05, 0) is 23.8 Å². The minimum Gasteiger partial charge on any atom is -0.325 e. The highest BCUT2D eigenvalue weighted by Crippen LogP contribution is 2.32. The number of aromatic amines is 1. The molecule has 2 aromatic heterocycles. The number of nitrogens with zero attached hydrogens (tertiary/aromatic N) is 5. The Morgan fingerprint density at radius 1 is 1.09 bits per heavy atom. The van der Waals surface area contributed by atoms with Crippen LogP contribution in [0.1, 0.15) is 33.3 Å². The number of benzene rings is 2. The standard InChI is InChI=1S/C23H16F4N6O2/c1-12-10-32(11-19-29-31-22(33(12)19)23(25,26)27)21(35)16-8-13(6-7-17(16)24)9-18-14-4-2-3-5-15(14)20(34)30-28-18/h2-8H,1,9-11H2,(H,30,34). The van der Waals surface area contributed by atoms with Crippen molar-refractivity contribution in [3.8, 4) is 0 Å². The minimum atomic E-state index is -4.74. The van der Waals surface area contributed by atoms with Gasteiger partial charge in [0.05, 0.1) is 29.7 Å². The second-order valence-electron chi connectivity index (χ2n) is 8.04. The van der Waals surface area contributed by atoms with Gasteiger partial charge in [-0.25, -0.2) is 9.49 Å². The molecular formula is C23H16F4N6O2. The number of nitrogens with one attached hydrogen (secondary N) is 1. The number of halogens is 4. The molecule has 1 amide bonds. The van der Waals surface area contributed by atoms with Crippen molar-refractivity contribution in [2.24, 2.45) is 0 Å². The van der Waals surface area contributed by atoms with Crippen LogP contribution in [0.5, 0.6) is 0 Å². The van der Waals surface area contributed by atoms with Gasteiger partial charge in [0.1, 0.15) is 5.82 Å². The van der Waals surface area contributed by atoms with Crippen LogP contribution in [-0.2, 0) is 19.1 Å². The third kappa shape index (κ3) is 3.96. The van der Waals surface area contributed by atoms with Gasteiger partial charge >= 0.3 is 6.18 Å². The largest absolute Gasteiger partial charge is 0.452 e. The van der Waals surface area contributed by atoms with Gasteiger partial charge in [-0.15, -0.1) is 10.2 Å². The highest BCUT2D eigenvalue weighted by Gasteiger charge is 2.41. The van der Waals surface area contributed by atoms with Gasteiger partial charge in [-0.2, -0.15) is 18.3 Å². The SMILES string of the molecule is C=C1CN(C(=O)c2cc(Cc3n[nH]c(=O)c4ccccc34)ccc2F)Cc2nnc(C(F)(F)F)n21. The van der Waals surface area contributed by atoms with E-state index in [-0.39, 0.29) is 42.2 Å². The molecule has 35 heavy (non-hydrogen) atoms. The summed E-state index contributed by atoms with van der Waals surface area (Å²) in [4.78, 5) is 26.3. The number of H-pyrrole nitrogens is 1. The van der Waals surface area contributed by atoms with E-state index in [1.54, 1.807) is 24.3 Å². The Balaban J connectivity index is 1.44. The third-order valence-corrected chi connectivity index (χ3v) is 5.70. The maximum absolute atomic E-state index is 14.7. The first-order valence-corrected chi connectivity index (χ1v) is 10.4. The van der Waals surface area contributed by atoms with E-state index in [0.29, 0.717) is 22.0 Å². The molecule has 0 saturated heterocycles. The number of hydrogen-bond acceptors (Lipinski definition) is 5. The summed E-state index contributed by atoms with van der Waals surface area (Å²) < 4.78 is 55.0. The van der Waals surface area contributed by atoms with Crippen molar-refractivity contribution in [2.75, 3.05) is 6.54 Å². The number of carbonyl (C=O) groups is 1. The Labute approximate surface area is 194 Å². The van der Waals surface area contributed by atoms with Crippen molar-refractivity contribution in [1.29, 1.82) is 0 Å². The van der Waals surface area contributed by atoms with Crippen molar-refractivity contribution < 1.29 is 22.4 Å². The predicted molar refractivity (Wildman–Crippen MR) is 117 cm³/mol. The van der Waals surface area contributed by atoms with Crippen LogP contribution in [0.15, 0.2) is 53.8 Å². The van der Waals surface area contributed by atoms with E-state index >= 15 is 0 Å². The van der Waals surface area contributed by atoms with Crippen molar-refractivity contribution in [3.05, 3.63) is 93.7 Å². The fourth-order valence-corrected chi connectivity index (χ4v) is 4.11. The van der Waals surface area contributed by atoms with Gasteiger partial charge in [0.15, 0.2) is 5.82 Å². The Kier molecular flexibility index (Phi) is 5.23. The molecule has 0 radical (unpaired) electrons. The molecule has 1 aliphatic rings. The van der Waals surface area contributed by atoms with Gasteiger partial charge in [0.2, 0.25) is 5.82 Å². The van der Waals surface area contributed by atoms with E-state index in [1.165, 1.54) is 12.1 Å². The molecule has 1 aliphatic heterocycles. The summed E-state index contributed by atoms with van der Waals surface area (Å²) in [6.07, 6.45) is -4.53. The van der Waals surface area contributed by atoms with Crippen LogP contribution in [0.25, 0.3) is 16.5 Å². The average Bonchev–Trinajstić information content (AvgIpc) is 3.27. The smallest absolute Gasteiger partial charge is 0.325 e. The Morgan fingerprint density at radius 3 is 2.57 bits per heavy atom. The molecule has 3 heterocycles. The fraction of sp³-hybridized carbons (Fsp3) is 0.174. The lowest BCUT2D eigenvalue weighted by atomic mass is 10.0. The van der Waals surface area contributed by atoms with Crippen LogP contribution in [0.4, 0.5) is 17.6 Å². The van der Waals surface area contributed by atoms with Gasteiger partial charge in [0.25, 0.3) is 11.5 Å². The van der Waals surface area contributed by atoms with Crippen LogP contribution in [0.2, 0.25) is 0 Å². The van der Waals surface area contributed by atoms with E-state index in [2.05, 4.69) is 27.0 Å². The molecule has 0 spiro atoms. The van der Waals surface area contributed by atoms with Gasteiger partial charge in [-0.1, -0.05) is 30.8 Å². The van der Waals surface area contributed by atoms with Crippen molar-refractivity contribution in [2.45, 2.75) is 19.1 Å². The summed E-state index contributed by atoms with van der Waals surface area (Å²) in [6.45, 7) is 3.06. The summed E-state index contributed by atoms with van der Waals surface area (Å²) in [7, 11) is 0. The number of aromatic nitrogens is 5. The maximum Gasteiger partial charge on any atom is 0.452 e. The maximum atomic E-state index is 14.7. The first-order chi connectivity index (χ1) is 16.6. The number of carbonyl (C=O) groups excluding carboxylic acids is 1. The van der Waals surface area contributed by atoms with Crippen molar-refractivity contribution in [1.82, 2.24) is 29.9 Å². The molecule has 12 heteroatoms. The van der Waals surface area contributed by atoms with Crippen molar-refractivity contribution >= 4 is 22.4 Å². The Morgan fingerprint density at radius 2 is 1.83 bits per heavy atom. The van der Waals surface area contributed by atoms with E-state index in [1.807, 2.05) is 0 Å².